The molecule has 1 aliphatic rings. The van der Waals surface area contributed by atoms with E-state index in [-0.39, 0.29) is 10.9 Å². The van der Waals surface area contributed by atoms with E-state index >= 15 is 0 Å². The smallest absolute Gasteiger partial charge is 0.251 e. The van der Waals surface area contributed by atoms with Gasteiger partial charge in [0.05, 0.1) is 15.7 Å². The quantitative estimate of drug-likeness (QED) is 0.840. The summed E-state index contributed by atoms with van der Waals surface area (Å²) in [5.41, 5.74) is 6.44. The fraction of sp³-hybridized carbons (Fsp3) is 0.462. The Labute approximate surface area is 122 Å². The number of nitrogens with zero attached hydrogens (tertiary/aromatic N) is 1. The molecule has 0 atom stereocenters. The van der Waals surface area contributed by atoms with E-state index in [0.29, 0.717) is 22.8 Å². The van der Waals surface area contributed by atoms with Gasteiger partial charge < -0.3 is 16.0 Å². The summed E-state index contributed by atoms with van der Waals surface area (Å²) < 4.78 is 0. The van der Waals surface area contributed by atoms with Crippen molar-refractivity contribution in [2.45, 2.75) is 12.8 Å². The van der Waals surface area contributed by atoms with Crippen molar-refractivity contribution in [2.24, 2.45) is 0 Å². The summed E-state index contributed by atoms with van der Waals surface area (Å²) in [7, 11) is 0. The highest BCUT2D eigenvalue weighted by Crippen LogP contribution is 2.29. The molecule has 0 bridgehead atoms. The number of nitrogens with two attached hydrogens (primary N) is 1. The first-order valence-electron chi connectivity index (χ1n) is 6.33. The lowest BCUT2D eigenvalue weighted by atomic mass is 10.2. The minimum atomic E-state index is -0.176. The molecule has 1 amide bonds. The van der Waals surface area contributed by atoms with Gasteiger partial charge in [0.1, 0.15) is 0 Å². The van der Waals surface area contributed by atoms with Gasteiger partial charge in [-0.25, -0.2) is 0 Å². The maximum atomic E-state index is 11.9. The molecular weight excluding hydrogens is 285 g/mol. The van der Waals surface area contributed by atoms with E-state index in [2.05, 4.69) is 10.2 Å². The Bertz CT molecular complexity index is 450. The second kappa shape index (κ2) is 6.46. The molecule has 1 aromatic carbocycles. The highest BCUT2D eigenvalue weighted by Gasteiger charge is 2.13. The van der Waals surface area contributed by atoms with Crippen LogP contribution in [0, 0.1) is 0 Å². The molecule has 19 heavy (non-hydrogen) atoms. The largest absolute Gasteiger partial charge is 0.397 e. The lowest BCUT2D eigenvalue weighted by Gasteiger charge is -2.15. The van der Waals surface area contributed by atoms with Crippen LogP contribution in [0.15, 0.2) is 12.1 Å². The molecule has 1 heterocycles. The zero-order chi connectivity index (χ0) is 13.8. The molecule has 0 spiro atoms. The highest BCUT2D eigenvalue weighted by atomic mass is 35.5. The number of nitrogen functional groups attached to an aromatic ring is 1. The van der Waals surface area contributed by atoms with Gasteiger partial charge in [0.15, 0.2) is 0 Å². The number of amides is 1. The van der Waals surface area contributed by atoms with Crippen molar-refractivity contribution in [2.75, 3.05) is 31.9 Å². The summed E-state index contributed by atoms with van der Waals surface area (Å²) in [6.45, 7) is 3.74. The summed E-state index contributed by atoms with van der Waals surface area (Å²) in [6, 6.07) is 3.07. The number of hydrogen-bond donors (Lipinski definition) is 2. The van der Waals surface area contributed by atoms with E-state index in [1.807, 2.05) is 0 Å². The van der Waals surface area contributed by atoms with Crippen LogP contribution in [0.3, 0.4) is 0 Å². The number of carbonyl (C=O) groups excluding carboxylic acids is 1. The Hall–Kier alpha value is -0.970. The summed E-state index contributed by atoms with van der Waals surface area (Å²) in [6.07, 6.45) is 2.49. The number of rotatable bonds is 4. The molecule has 1 fully saturated rings. The summed E-state index contributed by atoms with van der Waals surface area (Å²) in [5, 5.41) is 3.45. The molecule has 0 unspecified atom stereocenters. The van der Waals surface area contributed by atoms with Crippen LogP contribution in [0.4, 0.5) is 5.69 Å². The van der Waals surface area contributed by atoms with Crippen molar-refractivity contribution in [1.29, 1.82) is 0 Å². The topological polar surface area (TPSA) is 58.4 Å². The number of hydrogen-bond acceptors (Lipinski definition) is 3. The first-order chi connectivity index (χ1) is 9.08. The first-order valence-corrected chi connectivity index (χ1v) is 7.08. The molecule has 1 saturated heterocycles. The third-order valence-electron chi connectivity index (χ3n) is 3.23. The van der Waals surface area contributed by atoms with Crippen LogP contribution in [0.1, 0.15) is 23.2 Å². The van der Waals surface area contributed by atoms with Gasteiger partial charge in [-0.3, -0.25) is 4.79 Å². The number of benzene rings is 1. The molecule has 2 rings (SSSR count). The molecule has 1 aliphatic heterocycles. The van der Waals surface area contributed by atoms with Crippen LogP contribution in [-0.4, -0.2) is 37.0 Å². The van der Waals surface area contributed by atoms with Gasteiger partial charge >= 0.3 is 0 Å². The lowest BCUT2D eigenvalue weighted by molar-refractivity contribution is 0.0950. The van der Waals surface area contributed by atoms with Crippen LogP contribution in [0.25, 0.3) is 0 Å². The van der Waals surface area contributed by atoms with Gasteiger partial charge in [0, 0.05) is 18.7 Å². The predicted octanol–water partition coefficient (Wildman–Crippen LogP) is 2.40. The van der Waals surface area contributed by atoms with Crippen LogP contribution >= 0.6 is 23.2 Å². The van der Waals surface area contributed by atoms with Crippen molar-refractivity contribution in [1.82, 2.24) is 10.2 Å². The summed E-state index contributed by atoms with van der Waals surface area (Å²) in [5.74, 6) is -0.176. The average Bonchev–Trinajstić information content (AvgIpc) is 2.88. The molecular formula is C13H17Cl2N3O. The van der Waals surface area contributed by atoms with Gasteiger partial charge in [-0.2, -0.15) is 0 Å². The SMILES string of the molecule is Nc1cc(C(=O)NCCN2CCCC2)cc(Cl)c1Cl. The third kappa shape index (κ3) is 3.75. The van der Waals surface area contributed by atoms with Crippen LogP contribution < -0.4 is 11.1 Å². The van der Waals surface area contributed by atoms with E-state index in [9.17, 15) is 4.79 Å². The monoisotopic (exact) mass is 301 g/mol. The van der Waals surface area contributed by atoms with Crippen molar-refractivity contribution in [3.05, 3.63) is 27.7 Å². The van der Waals surface area contributed by atoms with Crippen molar-refractivity contribution in [3.63, 3.8) is 0 Å². The number of likely N-dealkylation sites (tertiary alicyclic amines) is 1. The van der Waals surface area contributed by atoms with Crippen LogP contribution in [0.5, 0.6) is 0 Å². The molecule has 4 nitrogen and oxygen atoms in total. The van der Waals surface area contributed by atoms with E-state index in [1.54, 1.807) is 6.07 Å². The van der Waals surface area contributed by atoms with Gasteiger partial charge in [-0.15, -0.1) is 0 Å². The number of halogens is 2. The van der Waals surface area contributed by atoms with Gasteiger partial charge in [0.2, 0.25) is 0 Å². The van der Waals surface area contributed by atoms with Crippen LogP contribution in [0.2, 0.25) is 10.0 Å². The minimum absolute atomic E-state index is 0.176. The Morgan fingerprint density at radius 3 is 2.63 bits per heavy atom. The van der Waals surface area contributed by atoms with E-state index < -0.39 is 0 Å². The Kier molecular flexibility index (Phi) is 4.91. The lowest BCUT2D eigenvalue weighted by Crippen LogP contribution is -2.33. The van der Waals surface area contributed by atoms with Gasteiger partial charge in [-0.05, 0) is 38.1 Å². The maximum absolute atomic E-state index is 11.9. The van der Waals surface area contributed by atoms with Gasteiger partial charge in [0.25, 0.3) is 5.91 Å². The van der Waals surface area contributed by atoms with E-state index in [4.69, 9.17) is 28.9 Å². The third-order valence-corrected chi connectivity index (χ3v) is 4.05. The fourth-order valence-corrected chi connectivity index (χ4v) is 2.51. The minimum Gasteiger partial charge on any atom is -0.397 e. The molecule has 6 heteroatoms. The molecule has 0 radical (unpaired) electrons. The fourth-order valence-electron chi connectivity index (χ4n) is 2.18. The first kappa shape index (κ1) is 14.4. The van der Waals surface area contributed by atoms with Crippen molar-refractivity contribution < 1.29 is 4.79 Å². The highest BCUT2D eigenvalue weighted by molar-refractivity contribution is 6.43. The summed E-state index contributed by atoms with van der Waals surface area (Å²) in [4.78, 5) is 14.3. The normalized spacial score (nSPS) is 15.7. The molecule has 0 saturated carbocycles. The van der Waals surface area contributed by atoms with E-state index in [1.165, 1.54) is 18.9 Å². The molecule has 3 N–H and O–H groups in total. The van der Waals surface area contributed by atoms with Gasteiger partial charge in [-0.1, -0.05) is 23.2 Å². The molecule has 0 aliphatic carbocycles. The Morgan fingerprint density at radius 2 is 2.00 bits per heavy atom. The Balaban J connectivity index is 1.88. The summed E-state index contributed by atoms with van der Waals surface area (Å²) >= 11 is 11.8. The number of anilines is 1. The Morgan fingerprint density at radius 1 is 1.32 bits per heavy atom. The molecule has 0 aromatic heterocycles. The number of nitrogens with one attached hydrogen (secondary N) is 1. The maximum Gasteiger partial charge on any atom is 0.251 e. The molecule has 1 aromatic rings. The standard InChI is InChI=1S/C13H17Cl2N3O/c14-10-7-9(8-11(16)12(10)15)13(19)17-3-6-18-4-1-2-5-18/h7-8H,1-6,16H2,(H,17,19). The predicted molar refractivity (Wildman–Crippen MR) is 78.9 cm³/mol. The zero-order valence-electron chi connectivity index (χ0n) is 10.6. The number of carbonyl (C=O) groups is 1. The van der Waals surface area contributed by atoms with Crippen molar-refractivity contribution in [3.8, 4) is 0 Å². The molecule has 104 valence electrons. The zero-order valence-corrected chi connectivity index (χ0v) is 12.1. The average molecular weight is 302 g/mol. The van der Waals surface area contributed by atoms with E-state index in [0.717, 1.165) is 19.6 Å². The van der Waals surface area contributed by atoms with Crippen molar-refractivity contribution >= 4 is 34.8 Å². The second-order valence-corrected chi connectivity index (χ2v) is 5.45. The van der Waals surface area contributed by atoms with Crippen LogP contribution in [-0.2, 0) is 0 Å². The second-order valence-electron chi connectivity index (χ2n) is 4.67.